The van der Waals surface area contributed by atoms with Gasteiger partial charge in [-0.3, -0.25) is 0 Å². The molecule has 3 heterocycles. The smallest absolute Gasteiger partial charge is 0.161 e. The molecule has 0 atom stereocenters. The van der Waals surface area contributed by atoms with Crippen molar-refractivity contribution >= 4 is 64.5 Å². The SMILES string of the molecule is c1ccc(-n2c3ccccc3c3oc4cc(-c5cccc6c5sc5ccccc56)ccc4c32)cc1. The number of hydrogen-bond acceptors (Lipinski definition) is 2. The summed E-state index contributed by atoms with van der Waals surface area (Å²) >= 11 is 1.86. The summed E-state index contributed by atoms with van der Waals surface area (Å²) in [6.07, 6.45) is 0. The number of nitrogens with zero attached hydrogens (tertiary/aromatic N) is 1. The Morgan fingerprint density at radius 3 is 2.29 bits per heavy atom. The Hall–Kier alpha value is -4.34. The molecule has 0 aliphatic carbocycles. The molecule has 3 aromatic heterocycles. The van der Waals surface area contributed by atoms with Crippen LogP contribution in [0.2, 0.25) is 0 Å². The molecule has 0 fully saturated rings. The molecule has 0 bridgehead atoms. The van der Waals surface area contributed by atoms with E-state index in [2.05, 4.69) is 120 Å². The number of thiophene rings is 1. The molecule has 8 rings (SSSR count). The largest absolute Gasteiger partial charge is 0.454 e. The van der Waals surface area contributed by atoms with Crippen LogP contribution in [0.3, 0.4) is 0 Å². The van der Waals surface area contributed by atoms with Crippen LogP contribution >= 0.6 is 11.3 Å². The maximum absolute atomic E-state index is 6.58. The van der Waals surface area contributed by atoms with Crippen molar-refractivity contribution in [3.8, 4) is 16.8 Å². The topological polar surface area (TPSA) is 18.1 Å². The van der Waals surface area contributed by atoms with Crippen LogP contribution < -0.4 is 0 Å². The van der Waals surface area contributed by atoms with Crippen molar-refractivity contribution in [2.24, 2.45) is 0 Å². The summed E-state index contributed by atoms with van der Waals surface area (Å²) in [5, 5.41) is 4.90. The molecule has 0 N–H and O–H groups in total. The summed E-state index contributed by atoms with van der Waals surface area (Å²) in [7, 11) is 0. The van der Waals surface area contributed by atoms with Gasteiger partial charge in [0.2, 0.25) is 0 Å². The summed E-state index contributed by atoms with van der Waals surface area (Å²) in [5.41, 5.74) is 7.72. The van der Waals surface area contributed by atoms with Gasteiger partial charge in [0, 0.05) is 36.6 Å². The highest BCUT2D eigenvalue weighted by atomic mass is 32.1. The first-order chi connectivity index (χ1) is 17.4. The van der Waals surface area contributed by atoms with Crippen LogP contribution in [0.25, 0.3) is 70.0 Å². The van der Waals surface area contributed by atoms with Gasteiger partial charge in [-0.15, -0.1) is 11.3 Å². The van der Waals surface area contributed by atoms with Gasteiger partial charge in [0.15, 0.2) is 5.58 Å². The van der Waals surface area contributed by atoms with Crippen LogP contribution in [0, 0.1) is 0 Å². The Labute approximate surface area is 205 Å². The minimum atomic E-state index is 0.918. The second kappa shape index (κ2) is 7.08. The predicted molar refractivity (Wildman–Crippen MR) is 149 cm³/mol. The molecule has 0 unspecified atom stereocenters. The number of hydrogen-bond donors (Lipinski definition) is 0. The second-order valence-electron chi connectivity index (χ2n) is 8.96. The molecule has 8 aromatic rings. The zero-order valence-electron chi connectivity index (χ0n) is 18.7. The van der Waals surface area contributed by atoms with E-state index in [4.69, 9.17) is 4.42 Å². The number of benzene rings is 5. The number of fused-ring (bicyclic) bond motifs is 8. The van der Waals surface area contributed by atoms with E-state index in [1.807, 2.05) is 11.3 Å². The molecular formula is C32H19NOS. The van der Waals surface area contributed by atoms with Gasteiger partial charge in [-0.1, -0.05) is 72.8 Å². The fraction of sp³-hybridized carbons (Fsp3) is 0. The van der Waals surface area contributed by atoms with Crippen LogP contribution in [-0.2, 0) is 0 Å². The van der Waals surface area contributed by atoms with E-state index in [0.29, 0.717) is 0 Å². The minimum Gasteiger partial charge on any atom is -0.454 e. The van der Waals surface area contributed by atoms with Gasteiger partial charge in [0.1, 0.15) is 11.1 Å². The molecule has 0 amide bonds. The quantitative estimate of drug-likeness (QED) is 0.248. The lowest BCUT2D eigenvalue weighted by Crippen LogP contribution is -1.92. The molecular weight excluding hydrogens is 446 g/mol. The predicted octanol–water partition coefficient (Wildman–Crippen LogP) is 9.56. The highest BCUT2D eigenvalue weighted by Gasteiger charge is 2.20. The normalized spacial score (nSPS) is 12.0. The Balaban J connectivity index is 1.42. The van der Waals surface area contributed by atoms with E-state index < -0.39 is 0 Å². The molecule has 164 valence electrons. The van der Waals surface area contributed by atoms with E-state index in [1.165, 1.54) is 31.3 Å². The maximum Gasteiger partial charge on any atom is 0.161 e. The minimum absolute atomic E-state index is 0.918. The van der Waals surface area contributed by atoms with Crippen molar-refractivity contribution < 1.29 is 4.42 Å². The van der Waals surface area contributed by atoms with Crippen molar-refractivity contribution in [1.82, 2.24) is 4.57 Å². The Bertz CT molecular complexity index is 2060. The van der Waals surface area contributed by atoms with E-state index in [-0.39, 0.29) is 0 Å². The maximum atomic E-state index is 6.58. The van der Waals surface area contributed by atoms with Gasteiger partial charge in [-0.25, -0.2) is 0 Å². The third-order valence-electron chi connectivity index (χ3n) is 7.01. The first-order valence-corrected chi connectivity index (χ1v) is 12.6. The van der Waals surface area contributed by atoms with Crippen LogP contribution in [0.5, 0.6) is 0 Å². The molecule has 0 aliphatic rings. The lowest BCUT2D eigenvalue weighted by atomic mass is 10.0. The summed E-state index contributed by atoms with van der Waals surface area (Å²) in [6, 6.07) is 41.0. The average molecular weight is 466 g/mol. The summed E-state index contributed by atoms with van der Waals surface area (Å²) in [6.45, 7) is 0. The second-order valence-corrected chi connectivity index (χ2v) is 10.0. The highest BCUT2D eigenvalue weighted by molar-refractivity contribution is 7.26. The van der Waals surface area contributed by atoms with Gasteiger partial charge < -0.3 is 8.98 Å². The van der Waals surface area contributed by atoms with Crippen LogP contribution in [0.1, 0.15) is 0 Å². The van der Waals surface area contributed by atoms with Gasteiger partial charge >= 0.3 is 0 Å². The standard InChI is InChI=1S/C32H19NOS/c1-2-9-21(10-3-1)33-27-15-6-4-12-25(27)31-30(33)26-18-17-20(19-28(26)34-31)22-13-8-14-24-23-11-5-7-16-29(23)35-32(22)24/h1-19H. The van der Waals surface area contributed by atoms with Crippen LogP contribution in [0.15, 0.2) is 120 Å². The molecule has 5 aromatic carbocycles. The van der Waals surface area contributed by atoms with Crippen molar-refractivity contribution in [3.63, 3.8) is 0 Å². The fourth-order valence-corrected chi connectivity index (χ4v) is 6.69. The van der Waals surface area contributed by atoms with Gasteiger partial charge in [-0.05, 0) is 53.6 Å². The number of para-hydroxylation sites is 2. The fourth-order valence-electron chi connectivity index (χ4n) is 5.46. The lowest BCUT2D eigenvalue weighted by Gasteiger charge is -2.07. The van der Waals surface area contributed by atoms with Crippen molar-refractivity contribution in [3.05, 3.63) is 115 Å². The van der Waals surface area contributed by atoms with Crippen molar-refractivity contribution in [2.75, 3.05) is 0 Å². The third-order valence-corrected chi connectivity index (χ3v) is 8.23. The highest BCUT2D eigenvalue weighted by Crippen LogP contribution is 2.43. The van der Waals surface area contributed by atoms with E-state index in [1.54, 1.807) is 0 Å². The Morgan fingerprint density at radius 2 is 1.37 bits per heavy atom. The molecule has 0 radical (unpaired) electrons. The number of rotatable bonds is 2. The average Bonchev–Trinajstić information content (AvgIpc) is 3.57. The zero-order chi connectivity index (χ0) is 22.9. The van der Waals surface area contributed by atoms with Crippen molar-refractivity contribution in [2.45, 2.75) is 0 Å². The van der Waals surface area contributed by atoms with Crippen molar-refractivity contribution in [1.29, 1.82) is 0 Å². The molecule has 0 spiro atoms. The molecule has 0 saturated heterocycles. The molecule has 0 aliphatic heterocycles. The first-order valence-electron chi connectivity index (χ1n) is 11.8. The molecule has 2 nitrogen and oxygen atoms in total. The van der Waals surface area contributed by atoms with Gasteiger partial charge in [0.25, 0.3) is 0 Å². The number of aromatic nitrogens is 1. The van der Waals surface area contributed by atoms with E-state index in [9.17, 15) is 0 Å². The van der Waals surface area contributed by atoms with Gasteiger partial charge in [0.05, 0.1) is 5.52 Å². The molecule has 0 saturated carbocycles. The molecule has 3 heteroatoms. The lowest BCUT2D eigenvalue weighted by molar-refractivity contribution is 0.673. The number of furan rings is 1. The first kappa shape index (κ1) is 19.0. The summed E-state index contributed by atoms with van der Waals surface area (Å²) in [4.78, 5) is 0. The summed E-state index contributed by atoms with van der Waals surface area (Å²) < 4.78 is 11.6. The molecule has 35 heavy (non-hydrogen) atoms. The summed E-state index contributed by atoms with van der Waals surface area (Å²) in [5.74, 6) is 0. The zero-order valence-corrected chi connectivity index (χ0v) is 19.5. The third kappa shape index (κ3) is 2.64. The van der Waals surface area contributed by atoms with Crippen LogP contribution in [-0.4, -0.2) is 4.57 Å². The van der Waals surface area contributed by atoms with Gasteiger partial charge in [-0.2, -0.15) is 0 Å². The Kier molecular flexibility index (Phi) is 3.85. The monoisotopic (exact) mass is 465 g/mol. The van der Waals surface area contributed by atoms with E-state index >= 15 is 0 Å². The van der Waals surface area contributed by atoms with E-state index in [0.717, 1.165) is 38.7 Å². The van der Waals surface area contributed by atoms with Crippen LogP contribution in [0.4, 0.5) is 0 Å². The Morgan fingerprint density at radius 1 is 0.600 bits per heavy atom.